The number of ether oxygens (including phenoxy) is 2. The molecule has 0 bridgehead atoms. The lowest BCUT2D eigenvalue weighted by Crippen LogP contribution is -2.42. The third-order valence-electron chi connectivity index (χ3n) is 4.54. The van der Waals surface area contributed by atoms with E-state index in [4.69, 9.17) is 9.47 Å². The highest BCUT2D eigenvalue weighted by molar-refractivity contribution is 5.75. The highest BCUT2D eigenvalue weighted by atomic mass is 16.7. The molecule has 1 N–H and O–H groups in total. The van der Waals surface area contributed by atoms with Gasteiger partial charge in [0.25, 0.3) is 0 Å². The van der Waals surface area contributed by atoms with Crippen LogP contribution in [0.2, 0.25) is 0 Å². The topological polar surface area (TPSA) is 63.7 Å². The maximum atomic E-state index is 12.8. The Kier molecular flexibility index (Phi) is 4.17. The van der Waals surface area contributed by atoms with Crippen molar-refractivity contribution in [3.05, 3.63) is 53.9 Å². The molecule has 6 nitrogen and oxygen atoms in total. The Bertz CT molecular complexity index is 762. The van der Waals surface area contributed by atoms with Crippen LogP contribution in [-0.2, 0) is 6.54 Å². The molecule has 2 aromatic rings. The molecule has 6 heteroatoms. The second-order valence-corrected chi connectivity index (χ2v) is 6.46. The maximum Gasteiger partial charge on any atom is 0.318 e. The SMILES string of the molecule is CC(NC(=O)N(Cc1ccccn1)C1CC1)c1ccc2c(c1)OCO2. The zero-order valence-corrected chi connectivity index (χ0v) is 14.1. The molecule has 4 rings (SSSR count). The summed E-state index contributed by atoms with van der Waals surface area (Å²) in [4.78, 5) is 19.0. The van der Waals surface area contributed by atoms with Gasteiger partial charge in [-0.15, -0.1) is 0 Å². The molecule has 1 aromatic heterocycles. The zero-order chi connectivity index (χ0) is 17.2. The molecule has 1 aliphatic heterocycles. The van der Waals surface area contributed by atoms with Gasteiger partial charge in [0.2, 0.25) is 6.79 Å². The summed E-state index contributed by atoms with van der Waals surface area (Å²) in [5.41, 5.74) is 1.89. The van der Waals surface area contributed by atoms with Crippen molar-refractivity contribution in [2.45, 2.75) is 38.4 Å². The summed E-state index contributed by atoms with van der Waals surface area (Å²) in [6, 6.07) is 11.7. The van der Waals surface area contributed by atoms with Crippen LogP contribution < -0.4 is 14.8 Å². The fraction of sp³-hybridized carbons (Fsp3) is 0.368. The molecule has 130 valence electrons. The van der Waals surface area contributed by atoms with Crippen LogP contribution in [0.4, 0.5) is 4.79 Å². The Morgan fingerprint density at radius 2 is 2.12 bits per heavy atom. The standard InChI is InChI=1S/C19H21N3O3/c1-13(14-5-8-17-18(10-14)25-12-24-17)21-19(23)22(16-6-7-16)11-15-4-2-3-9-20-15/h2-5,8-10,13,16H,6-7,11-12H2,1H3,(H,21,23). The number of urea groups is 1. The van der Waals surface area contributed by atoms with Gasteiger partial charge in [0, 0.05) is 12.2 Å². The lowest BCUT2D eigenvalue weighted by atomic mass is 10.1. The third-order valence-corrected chi connectivity index (χ3v) is 4.54. The van der Waals surface area contributed by atoms with Crippen LogP contribution in [0.3, 0.4) is 0 Å². The minimum atomic E-state index is -0.119. The van der Waals surface area contributed by atoms with E-state index < -0.39 is 0 Å². The van der Waals surface area contributed by atoms with Crippen LogP contribution in [0, 0.1) is 0 Å². The van der Waals surface area contributed by atoms with E-state index in [0.29, 0.717) is 12.6 Å². The highest BCUT2D eigenvalue weighted by Crippen LogP contribution is 2.34. The number of fused-ring (bicyclic) bond motifs is 1. The van der Waals surface area contributed by atoms with Crippen LogP contribution in [0.15, 0.2) is 42.6 Å². The summed E-state index contributed by atoms with van der Waals surface area (Å²) in [6.07, 6.45) is 3.87. The van der Waals surface area contributed by atoms with Gasteiger partial charge in [-0.3, -0.25) is 4.98 Å². The quantitative estimate of drug-likeness (QED) is 0.908. The molecule has 2 amide bonds. The average Bonchev–Trinajstić information content (AvgIpc) is 3.36. The normalized spacial score (nSPS) is 16.4. The van der Waals surface area contributed by atoms with Gasteiger partial charge < -0.3 is 19.7 Å². The van der Waals surface area contributed by atoms with Crippen molar-refractivity contribution in [3.63, 3.8) is 0 Å². The first kappa shape index (κ1) is 15.7. The summed E-state index contributed by atoms with van der Waals surface area (Å²) < 4.78 is 10.7. The molecule has 1 fully saturated rings. The number of hydrogen-bond donors (Lipinski definition) is 1. The molecule has 1 unspecified atom stereocenters. The molecular weight excluding hydrogens is 318 g/mol. The fourth-order valence-corrected chi connectivity index (χ4v) is 2.95. The molecule has 1 saturated carbocycles. The second-order valence-electron chi connectivity index (χ2n) is 6.46. The first-order chi connectivity index (χ1) is 12.2. The number of benzene rings is 1. The van der Waals surface area contributed by atoms with Gasteiger partial charge in [0.1, 0.15) is 0 Å². The summed E-state index contributed by atoms with van der Waals surface area (Å²) in [6.45, 7) is 2.76. The largest absolute Gasteiger partial charge is 0.454 e. The van der Waals surface area contributed by atoms with E-state index in [1.807, 2.05) is 48.2 Å². The van der Waals surface area contributed by atoms with Gasteiger partial charge in [0.05, 0.1) is 18.3 Å². The summed E-state index contributed by atoms with van der Waals surface area (Å²) in [5.74, 6) is 1.48. The number of aromatic nitrogens is 1. The first-order valence-corrected chi connectivity index (χ1v) is 8.57. The molecule has 0 saturated heterocycles. The molecule has 25 heavy (non-hydrogen) atoms. The van der Waals surface area contributed by atoms with E-state index in [1.54, 1.807) is 6.20 Å². The Morgan fingerprint density at radius 1 is 1.28 bits per heavy atom. The smallest absolute Gasteiger partial charge is 0.318 e. The van der Waals surface area contributed by atoms with Crippen molar-refractivity contribution >= 4 is 6.03 Å². The predicted octanol–water partition coefficient (Wildman–Crippen LogP) is 3.25. The van der Waals surface area contributed by atoms with Gasteiger partial charge in [0.15, 0.2) is 11.5 Å². The first-order valence-electron chi connectivity index (χ1n) is 8.57. The molecule has 1 aliphatic carbocycles. The van der Waals surface area contributed by atoms with Gasteiger partial charge >= 0.3 is 6.03 Å². The van der Waals surface area contributed by atoms with Crippen LogP contribution in [-0.4, -0.2) is 28.7 Å². The van der Waals surface area contributed by atoms with Crippen molar-refractivity contribution in [1.82, 2.24) is 15.2 Å². The molecular formula is C19H21N3O3. The number of pyridine rings is 1. The number of carbonyl (C=O) groups excluding carboxylic acids is 1. The Labute approximate surface area is 146 Å². The summed E-state index contributed by atoms with van der Waals surface area (Å²) in [7, 11) is 0. The molecule has 2 aliphatic rings. The van der Waals surface area contributed by atoms with Gasteiger partial charge in [-0.05, 0) is 49.6 Å². The zero-order valence-electron chi connectivity index (χ0n) is 14.1. The number of nitrogens with zero attached hydrogens (tertiary/aromatic N) is 2. The van der Waals surface area contributed by atoms with Crippen molar-refractivity contribution < 1.29 is 14.3 Å². The van der Waals surface area contributed by atoms with E-state index in [1.165, 1.54) is 0 Å². The van der Waals surface area contributed by atoms with E-state index >= 15 is 0 Å². The third kappa shape index (κ3) is 3.52. The maximum absolute atomic E-state index is 12.8. The van der Waals surface area contributed by atoms with E-state index in [-0.39, 0.29) is 18.9 Å². The van der Waals surface area contributed by atoms with Crippen molar-refractivity contribution in [3.8, 4) is 11.5 Å². The fourth-order valence-electron chi connectivity index (χ4n) is 2.95. The summed E-state index contributed by atoms with van der Waals surface area (Å²) in [5, 5.41) is 3.09. The van der Waals surface area contributed by atoms with Gasteiger partial charge in [-0.1, -0.05) is 12.1 Å². The minimum absolute atomic E-state index is 0.0571. The number of hydrogen-bond acceptors (Lipinski definition) is 4. The monoisotopic (exact) mass is 339 g/mol. The Balaban J connectivity index is 1.44. The molecule has 1 aromatic carbocycles. The summed E-state index contributed by atoms with van der Waals surface area (Å²) >= 11 is 0. The van der Waals surface area contributed by atoms with E-state index in [9.17, 15) is 4.79 Å². The number of nitrogens with one attached hydrogen (secondary N) is 1. The number of amides is 2. The predicted molar refractivity (Wildman–Crippen MR) is 92.3 cm³/mol. The Hall–Kier alpha value is -2.76. The second kappa shape index (κ2) is 6.63. The average molecular weight is 339 g/mol. The van der Waals surface area contributed by atoms with E-state index in [2.05, 4.69) is 10.3 Å². The van der Waals surface area contributed by atoms with Crippen LogP contribution >= 0.6 is 0 Å². The van der Waals surface area contributed by atoms with Crippen molar-refractivity contribution in [2.75, 3.05) is 6.79 Å². The van der Waals surface area contributed by atoms with Crippen LogP contribution in [0.5, 0.6) is 11.5 Å². The van der Waals surface area contributed by atoms with Crippen molar-refractivity contribution in [2.24, 2.45) is 0 Å². The lowest BCUT2D eigenvalue weighted by molar-refractivity contribution is 0.174. The highest BCUT2D eigenvalue weighted by Gasteiger charge is 2.33. The van der Waals surface area contributed by atoms with E-state index in [0.717, 1.165) is 35.6 Å². The minimum Gasteiger partial charge on any atom is -0.454 e. The number of carbonyl (C=O) groups is 1. The molecule has 1 atom stereocenters. The number of rotatable bonds is 5. The van der Waals surface area contributed by atoms with Crippen LogP contribution in [0.1, 0.15) is 37.1 Å². The Morgan fingerprint density at radius 3 is 2.88 bits per heavy atom. The lowest BCUT2D eigenvalue weighted by Gasteiger charge is -2.25. The molecule has 2 heterocycles. The van der Waals surface area contributed by atoms with Crippen LogP contribution in [0.25, 0.3) is 0 Å². The van der Waals surface area contributed by atoms with Gasteiger partial charge in [-0.25, -0.2) is 4.79 Å². The molecule has 0 radical (unpaired) electrons. The van der Waals surface area contributed by atoms with Crippen molar-refractivity contribution in [1.29, 1.82) is 0 Å². The van der Waals surface area contributed by atoms with Gasteiger partial charge in [-0.2, -0.15) is 0 Å². The molecule has 0 spiro atoms.